The predicted molar refractivity (Wildman–Crippen MR) is 116 cm³/mol. The lowest BCUT2D eigenvalue weighted by Gasteiger charge is -2.47. The third-order valence-electron chi connectivity index (χ3n) is 6.82. The zero-order chi connectivity index (χ0) is 19.3. The summed E-state index contributed by atoms with van der Waals surface area (Å²) in [5.74, 6) is 0.965. The van der Waals surface area contributed by atoms with Gasteiger partial charge in [-0.3, -0.25) is 19.7 Å². The van der Waals surface area contributed by atoms with E-state index < -0.39 is 0 Å². The Hall–Kier alpha value is -1.63. The van der Waals surface area contributed by atoms with Crippen LogP contribution in [0.4, 0.5) is 0 Å². The van der Waals surface area contributed by atoms with Crippen LogP contribution in [0.25, 0.3) is 0 Å². The van der Waals surface area contributed by atoms with Gasteiger partial charge in [0.25, 0.3) is 0 Å². The molecule has 2 atom stereocenters. The maximum Gasteiger partial charge on any atom is 0.191 e. The topological polar surface area (TPSA) is 46.1 Å². The van der Waals surface area contributed by atoms with E-state index in [0.29, 0.717) is 18.1 Å². The van der Waals surface area contributed by atoms with Gasteiger partial charge in [-0.05, 0) is 25.3 Å². The van der Waals surface area contributed by atoms with E-state index in [4.69, 9.17) is 0 Å². The van der Waals surface area contributed by atoms with Gasteiger partial charge in [0.05, 0.1) is 0 Å². The van der Waals surface area contributed by atoms with E-state index in [0.717, 1.165) is 25.6 Å². The number of hydrogen-bond donors (Lipinski definition) is 2. The van der Waals surface area contributed by atoms with Crippen LogP contribution in [0.1, 0.15) is 31.4 Å². The minimum atomic E-state index is 0.491. The molecule has 4 fully saturated rings. The van der Waals surface area contributed by atoms with E-state index in [2.05, 4.69) is 67.6 Å². The normalized spacial score (nSPS) is 30.2. The Labute approximate surface area is 170 Å². The molecule has 1 aromatic carbocycles. The largest absolute Gasteiger partial charge is 0.355 e. The number of piperidine rings is 1. The molecule has 0 radical (unpaired) electrons. The van der Waals surface area contributed by atoms with Crippen molar-refractivity contribution in [2.24, 2.45) is 4.99 Å². The molecule has 4 aliphatic heterocycles. The Kier molecular flexibility index (Phi) is 6.50. The van der Waals surface area contributed by atoms with Crippen LogP contribution in [0.2, 0.25) is 0 Å². The molecule has 2 bridgehead atoms. The Morgan fingerprint density at radius 3 is 2.39 bits per heavy atom. The second-order valence-electron chi connectivity index (χ2n) is 8.48. The minimum absolute atomic E-state index is 0.491. The first kappa shape index (κ1) is 19.7. The highest BCUT2D eigenvalue weighted by molar-refractivity contribution is 5.80. The molecule has 5 rings (SSSR count). The van der Waals surface area contributed by atoms with Crippen LogP contribution in [0.15, 0.2) is 35.3 Å². The average Bonchev–Trinajstić information content (AvgIpc) is 2.78. The molecular weight excluding hydrogens is 348 g/mol. The van der Waals surface area contributed by atoms with Crippen molar-refractivity contribution in [3.8, 4) is 0 Å². The molecule has 0 amide bonds. The number of guanidine groups is 1. The molecule has 4 saturated heterocycles. The van der Waals surface area contributed by atoms with E-state index in [1.54, 1.807) is 0 Å². The summed E-state index contributed by atoms with van der Waals surface area (Å²) in [4.78, 5) is 12.3. The van der Waals surface area contributed by atoms with E-state index in [1.165, 1.54) is 51.1 Å². The number of nitrogens with zero attached hydrogens (tertiary/aromatic N) is 4. The molecule has 0 aliphatic carbocycles. The van der Waals surface area contributed by atoms with Crippen LogP contribution < -0.4 is 10.6 Å². The highest BCUT2D eigenvalue weighted by Gasteiger charge is 2.31. The van der Waals surface area contributed by atoms with Gasteiger partial charge in [-0.25, -0.2) is 0 Å². The lowest BCUT2D eigenvalue weighted by atomic mass is 10.0. The van der Waals surface area contributed by atoms with Crippen molar-refractivity contribution < 1.29 is 0 Å². The number of benzene rings is 1. The van der Waals surface area contributed by atoms with Crippen LogP contribution in [0.3, 0.4) is 0 Å². The van der Waals surface area contributed by atoms with Crippen LogP contribution in [-0.2, 0) is 0 Å². The molecule has 4 heterocycles. The number of nitrogens with one attached hydrogen (secondary N) is 2. The molecule has 0 saturated carbocycles. The minimum Gasteiger partial charge on any atom is -0.355 e. The molecule has 6 heteroatoms. The van der Waals surface area contributed by atoms with Crippen molar-refractivity contribution >= 4 is 5.96 Å². The number of fused-ring (bicyclic) bond motifs is 3. The average molecular weight is 385 g/mol. The van der Waals surface area contributed by atoms with E-state index >= 15 is 0 Å². The monoisotopic (exact) mass is 384 g/mol. The zero-order valence-electron chi connectivity index (χ0n) is 17.5. The van der Waals surface area contributed by atoms with Gasteiger partial charge in [0, 0.05) is 77.5 Å². The third kappa shape index (κ3) is 4.67. The molecular formula is C22H36N6. The standard InChI is InChI=1S/C22H36N6/c1-18(19-6-4-3-5-7-19)27-10-8-20(9-11-27)25-22(23-2)24-16-21-17-26-12-14-28(21)15-13-26/h3-7,18,20-21H,8-17H2,1-2H3,(H2,23,24,25). The van der Waals surface area contributed by atoms with Crippen LogP contribution in [0.5, 0.6) is 0 Å². The summed E-state index contributed by atoms with van der Waals surface area (Å²) in [7, 11) is 1.89. The smallest absolute Gasteiger partial charge is 0.191 e. The maximum atomic E-state index is 4.48. The van der Waals surface area contributed by atoms with Crippen molar-refractivity contribution in [1.29, 1.82) is 0 Å². The summed E-state index contributed by atoms with van der Waals surface area (Å²) in [6, 6.07) is 12.5. The molecule has 0 aromatic heterocycles. The molecule has 28 heavy (non-hydrogen) atoms. The van der Waals surface area contributed by atoms with Gasteiger partial charge in [0.15, 0.2) is 5.96 Å². The summed E-state index contributed by atoms with van der Waals surface area (Å²) in [6.07, 6.45) is 2.34. The second-order valence-corrected chi connectivity index (χ2v) is 8.48. The Morgan fingerprint density at radius 2 is 1.79 bits per heavy atom. The van der Waals surface area contributed by atoms with Crippen molar-refractivity contribution in [3.05, 3.63) is 35.9 Å². The van der Waals surface area contributed by atoms with Crippen LogP contribution >= 0.6 is 0 Å². The fourth-order valence-electron chi connectivity index (χ4n) is 4.89. The van der Waals surface area contributed by atoms with E-state index in [9.17, 15) is 0 Å². The van der Waals surface area contributed by atoms with Gasteiger partial charge in [0.2, 0.25) is 0 Å². The van der Waals surface area contributed by atoms with Gasteiger partial charge in [-0.2, -0.15) is 0 Å². The zero-order valence-corrected chi connectivity index (χ0v) is 17.5. The summed E-state index contributed by atoms with van der Waals surface area (Å²) in [6.45, 7) is 11.7. The summed E-state index contributed by atoms with van der Waals surface area (Å²) in [5.41, 5.74) is 1.42. The van der Waals surface area contributed by atoms with E-state index in [-0.39, 0.29) is 0 Å². The lowest BCUT2D eigenvalue weighted by molar-refractivity contribution is 0.0154. The Balaban J connectivity index is 1.21. The summed E-state index contributed by atoms with van der Waals surface area (Å²) < 4.78 is 0. The van der Waals surface area contributed by atoms with Gasteiger partial charge in [-0.1, -0.05) is 30.3 Å². The molecule has 4 aliphatic rings. The first-order valence-electron chi connectivity index (χ1n) is 11.0. The molecule has 154 valence electrons. The SMILES string of the molecule is CN=C(NCC1CN2CCN1CC2)NC1CCN(C(C)c2ccccc2)CC1. The summed E-state index contributed by atoms with van der Waals surface area (Å²) in [5, 5.41) is 7.26. The number of piperazine rings is 3. The van der Waals surface area contributed by atoms with E-state index in [1.807, 2.05) is 7.05 Å². The maximum absolute atomic E-state index is 4.48. The Morgan fingerprint density at radius 1 is 1.07 bits per heavy atom. The Bertz CT molecular complexity index is 632. The summed E-state index contributed by atoms with van der Waals surface area (Å²) >= 11 is 0. The first-order chi connectivity index (χ1) is 13.7. The molecule has 0 spiro atoms. The number of likely N-dealkylation sites (tertiary alicyclic amines) is 1. The molecule has 2 N–H and O–H groups in total. The van der Waals surface area contributed by atoms with Crippen LogP contribution in [-0.4, -0.2) is 92.1 Å². The fraction of sp³-hybridized carbons (Fsp3) is 0.682. The van der Waals surface area contributed by atoms with Crippen molar-refractivity contribution in [1.82, 2.24) is 25.3 Å². The number of hydrogen-bond acceptors (Lipinski definition) is 4. The van der Waals surface area contributed by atoms with Gasteiger partial charge < -0.3 is 10.6 Å². The molecule has 6 nitrogen and oxygen atoms in total. The quantitative estimate of drug-likeness (QED) is 0.593. The van der Waals surface area contributed by atoms with Gasteiger partial charge >= 0.3 is 0 Å². The highest BCUT2D eigenvalue weighted by Crippen LogP contribution is 2.24. The lowest BCUT2D eigenvalue weighted by Crippen LogP contribution is -2.64. The second kappa shape index (κ2) is 9.25. The number of rotatable bonds is 5. The first-order valence-corrected chi connectivity index (χ1v) is 11.0. The number of aliphatic imine (C=N–C) groups is 1. The van der Waals surface area contributed by atoms with Gasteiger partial charge in [-0.15, -0.1) is 0 Å². The van der Waals surface area contributed by atoms with Crippen molar-refractivity contribution in [2.75, 3.05) is 59.4 Å². The van der Waals surface area contributed by atoms with Crippen molar-refractivity contribution in [3.63, 3.8) is 0 Å². The fourth-order valence-corrected chi connectivity index (χ4v) is 4.89. The van der Waals surface area contributed by atoms with Gasteiger partial charge in [0.1, 0.15) is 0 Å². The molecule has 2 unspecified atom stereocenters. The van der Waals surface area contributed by atoms with Crippen LogP contribution in [0, 0.1) is 0 Å². The highest BCUT2D eigenvalue weighted by atomic mass is 15.4. The predicted octanol–water partition coefficient (Wildman–Crippen LogP) is 1.38. The molecule has 1 aromatic rings. The van der Waals surface area contributed by atoms with Crippen molar-refractivity contribution in [2.45, 2.75) is 37.9 Å². The third-order valence-corrected chi connectivity index (χ3v) is 6.82.